The topological polar surface area (TPSA) is 55.1 Å². The molecule has 0 saturated carbocycles. The molecule has 0 bridgehead atoms. The molecule has 1 rings (SSSR count). The van der Waals surface area contributed by atoms with Crippen molar-refractivity contribution in [1.82, 2.24) is 5.32 Å². The largest absolute Gasteiger partial charge is 0.350 e. The number of hydrogen-bond donors (Lipinski definition) is 2. The molecule has 4 heteroatoms. The maximum Gasteiger partial charge on any atom is 0.222 e. The summed E-state index contributed by atoms with van der Waals surface area (Å²) in [7, 11) is 0. The van der Waals surface area contributed by atoms with Gasteiger partial charge in [-0.15, -0.1) is 0 Å². The molecule has 0 aliphatic heterocycles. The normalized spacial score (nSPS) is 14.2. The molecule has 0 aromatic heterocycles. The van der Waals surface area contributed by atoms with Crippen LogP contribution in [0.5, 0.6) is 0 Å². The quantitative estimate of drug-likeness (QED) is 0.818. The Hall–Kier alpha value is -1.42. The summed E-state index contributed by atoms with van der Waals surface area (Å²) in [6.45, 7) is 3.58. The lowest BCUT2D eigenvalue weighted by molar-refractivity contribution is -0.122. The first-order chi connectivity index (χ1) is 7.49. The average Bonchev–Trinajstić information content (AvgIpc) is 2.16. The van der Waals surface area contributed by atoms with Gasteiger partial charge in [-0.3, -0.25) is 4.79 Å². The van der Waals surface area contributed by atoms with Crippen molar-refractivity contribution < 1.29 is 9.18 Å². The molecule has 1 unspecified atom stereocenters. The van der Waals surface area contributed by atoms with E-state index in [9.17, 15) is 9.18 Å². The molecule has 0 saturated heterocycles. The van der Waals surface area contributed by atoms with Crippen LogP contribution in [0.3, 0.4) is 0 Å². The Labute approximate surface area is 94.8 Å². The minimum atomic E-state index is -0.300. The zero-order chi connectivity index (χ0) is 12.1. The highest BCUT2D eigenvalue weighted by Crippen LogP contribution is 2.13. The van der Waals surface area contributed by atoms with Crippen LogP contribution in [0.25, 0.3) is 0 Å². The maximum atomic E-state index is 12.9. The Balaban J connectivity index is 2.58. The number of carbonyl (C=O) groups excluding carboxylic acids is 1. The van der Waals surface area contributed by atoms with Gasteiger partial charge in [0.1, 0.15) is 5.82 Å². The molecule has 3 nitrogen and oxygen atoms in total. The molecule has 2 atom stereocenters. The van der Waals surface area contributed by atoms with E-state index in [2.05, 4.69) is 5.32 Å². The molecule has 0 radical (unpaired) electrons. The Morgan fingerprint density at radius 2 is 2.19 bits per heavy atom. The number of rotatable bonds is 4. The van der Waals surface area contributed by atoms with Gasteiger partial charge in [-0.1, -0.05) is 12.1 Å². The molecular weight excluding hydrogens is 207 g/mol. The van der Waals surface area contributed by atoms with Gasteiger partial charge >= 0.3 is 0 Å². The number of halogens is 1. The van der Waals surface area contributed by atoms with Gasteiger partial charge in [0.2, 0.25) is 5.91 Å². The molecule has 0 heterocycles. The van der Waals surface area contributed by atoms with Crippen molar-refractivity contribution in [2.24, 2.45) is 5.73 Å². The summed E-state index contributed by atoms with van der Waals surface area (Å²) in [4.78, 5) is 11.4. The lowest BCUT2D eigenvalue weighted by Gasteiger charge is -2.15. The molecule has 1 amide bonds. The second kappa shape index (κ2) is 5.61. The van der Waals surface area contributed by atoms with Crippen molar-refractivity contribution >= 4 is 5.91 Å². The van der Waals surface area contributed by atoms with Gasteiger partial charge in [-0.2, -0.15) is 0 Å². The van der Waals surface area contributed by atoms with Crippen molar-refractivity contribution in [3.8, 4) is 0 Å². The standard InChI is InChI=1S/C12H17FN2O/c1-8(14)6-12(16)15-9(2)10-4-3-5-11(13)7-10/h3-5,7-9H,6,14H2,1-2H3,(H,15,16)/t8?,9-/m1/s1. The number of nitrogens with two attached hydrogens (primary N) is 1. The van der Waals surface area contributed by atoms with Crippen molar-refractivity contribution in [2.45, 2.75) is 32.4 Å². The smallest absolute Gasteiger partial charge is 0.222 e. The molecule has 1 aromatic rings. The van der Waals surface area contributed by atoms with E-state index in [1.807, 2.05) is 6.92 Å². The second-order valence-corrected chi connectivity index (χ2v) is 4.03. The van der Waals surface area contributed by atoms with E-state index in [0.29, 0.717) is 0 Å². The number of hydrogen-bond acceptors (Lipinski definition) is 2. The highest BCUT2D eigenvalue weighted by molar-refractivity contribution is 5.76. The van der Waals surface area contributed by atoms with Gasteiger partial charge in [0.15, 0.2) is 0 Å². The molecular formula is C12H17FN2O. The van der Waals surface area contributed by atoms with Crippen molar-refractivity contribution in [3.05, 3.63) is 35.6 Å². The van der Waals surface area contributed by atoms with E-state index in [0.717, 1.165) is 5.56 Å². The van der Waals surface area contributed by atoms with E-state index in [1.54, 1.807) is 19.1 Å². The van der Waals surface area contributed by atoms with Gasteiger partial charge in [-0.05, 0) is 31.5 Å². The number of carbonyl (C=O) groups is 1. The lowest BCUT2D eigenvalue weighted by Crippen LogP contribution is -2.31. The fourth-order valence-electron chi connectivity index (χ4n) is 1.45. The van der Waals surface area contributed by atoms with Gasteiger partial charge in [0.05, 0.1) is 6.04 Å². The van der Waals surface area contributed by atoms with Crippen molar-refractivity contribution in [3.63, 3.8) is 0 Å². The summed E-state index contributed by atoms with van der Waals surface area (Å²) in [5.41, 5.74) is 6.26. The third-order valence-electron chi connectivity index (χ3n) is 2.23. The summed E-state index contributed by atoms with van der Waals surface area (Å²) in [6.07, 6.45) is 0.277. The number of nitrogens with one attached hydrogen (secondary N) is 1. The zero-order valence-corrected chi connectivity index (χ0v) is 9.53. The fraction of sp³-hybridized carbons (Fsp3) is 0.417. The molecule has 0 aliphatic rings. The number of benzene rings is 1. The molecule has 16 heavy (non-hydrogen) atoms. The summed E-state index contributed by atoms with van der Waals surface area (Å²) in [5, 5.41) is 2.77. The predicted molar refractivity (Wildman–Crippen MR) is 61.2 cm³/mol. The summed E-state index contributed by atoms with van der Waals surface area (Å²) < 4.78 is 12.9. The van der Waals surface area contributed by atoms with E-state index < -0.39 is 0 Å². The maximum absolute atomic E-state index is 12.9. The van der Waals surface area contributed by atoms with Gasteiger partial charge in [0, 0.05) is 12.5 Å². The van der Waals surface area contributed by atoms with Crippen LogP contribution >= 0.6 is 0 Å². The van der Waals surface area contributed by atoms with Crippen molar-refractivity contribution in [1.29, 1.82) is 0 Å². The SMILES string of the molecule is CC(N)CC(=O)N[C@H](C)c1cccc(F)c1. The van der Waals surface area contributed by atoms with E-state index >= 15 is 0 Å². The Kier molecular flexibility index (Phi) is 4.43. The third-order valence-corrected chi connectivity index (χ3v) is 2.23. The van der Waals surface area contributed by atoms with Gasteiger partial charge in [0.25, 0.3) is 0 Å². The fourth-order valence-corrected chi connectivity index (χ4v) is 1.45. The number of amides is 1. The molecule has 88 valence electrons. The van der Waals surface area contributed by atoms with Crippen LogP contribution in [-0.4, -0.2) is 11.9 Å². The summed E-state index contributed by atoms with van der Waals surface area (Å²) in [5.74, 6) is -0.419. The first-order valence-electron chi connectivity index (χ1n) is 5.29. The van der Waals surface area contributed by atoms with E-state index in [-0.39, 0.29) is 30.2 Å². The highest BCUT2D eigenvalue weighted by atomic mass is 19.1. The Morgan fingerprint density at radius 3 is 2.75 bits per heavy atom. The lowest BCUT2D eigenvalue weighted by atomic mass is 10.1. The van der Waals surface area contributed by atoms with E-state index in [4.69, 9.17) is 5.73 Å². The third kappa shape index (κ3) is 3.98. The average molecular weight is 224 g/mol. The molecule has 0 fully saturated rings. The predicted octanol–water partition coefficient (Wildman–Crippen LogP) is 1.74. The minimum absolute atomic E-state index is 0.119. The first kappa shape index (κ1) is 12.6. The second-order valence-electron chi connectivity index (χ2n) is 4.03. The Morgan fingerprint density at radius 1 is 1.50 bits per heavy atom. The minimum Gasteiger partial charge on any atom is -0.350 e. The highest BCUT2D eigenvalue weighted by Gasteiger charge is 2.11. The van der Waals surface area contributed by atoms with Crippen molar-refractivity contribution in [2.75, 3.05) is 0 Å². The van der Waals surface area contributed by atoms with Crippen LogP contribution in [0.4, 0.5) is 4.39 Å². The van der Waals surface area contributed by atoms with Crippen LogP contribution in [0, 0.1) is 5.82 Å². The molecule has 3 N–H and O–H groups in total. The van der Waals surface area contributed by atoms with Crippen LogP contribution in [-0.2, 0) is 4.79 Å². The van der Waals surface area contributed by atoms with Crippen LogP contribution < -0.4 is 11.1 Å². The Bertz CT molecular complexity index is 366. The van der Waals surface area contributed by atoms with Crippen LogP contribution in [0.15, 0.2) is 24.3 Å². The van der Waals surface area contributed by atoms with Gasteiger partial charge < -0.3 is 11.1 Å². The van der Waals surface area contributed by atoms with Crippen LogP contribution in [0.1, 0.15) is 31.9 Å². The molecule has 0 spiro atoms. The molecule has 1 aromatic carbocycles. The summed E-state index contributed by atoms with van der Waals surface area (Å²) in [6, 6.07) is 5.82. The van der Waals surface area contributed by atoms with E-state index in [1.165, 1.54) is 12.1 Å². The van der Waals surface area contributed by atoms with Gasteiger partial charge in [-0.25, -0.2) is 4.39 Å². The van der Waals surface area contributed by atoms with Crippen LogP contribution in [0.2, 0.25) is 0 Å². The zero-order valence-electron chi connectivity index (χ0n) is 9.53. The molecule has 0 aliphatic carbocycles. The first-order valence-corrected chi connectivity index (χ1v) is 5.29. The summed E-state index contributed by atoms with van der Waals surface area (Å²) >= 11 is 0. The monoisotopic (exact) mass is 224 g/mol.